The van der Waals surface area contributed by atoms with Gasteiger partial charge in [0.15, 0.2) is 0 Å². The highest BCUT2D eigenvalue weighted by Gasteiger charge is 2.27. The van der Waals surface area contributed by atoms with E-state index >= 15 is 0 Å². The Morgan fingerprint density at radius 1 is 0.889 bits per heavy atom. The van der Waals surface area contributed by atoms with Crippen molar-refractivity contribution in [2.75, 3.05) is 17.8 Å². The minimum Gasteiger partial charge on any atom is -0.279 e. The Morgan fingerprint density at radius 3 is 2.11 bits per heavy atom. The third kappa shape index (κ3) is 4.53. The number of rotatable bonds is 5. The van der Waals surface area contributed by atoms with Gasteiger partial charge in [-0.1, -0.05) is 28.4 Å². The first-order chi connectivity index (χ1) is 12.7. The van der Waals surface area contributed by atoms with Crippen molar-refractivity contribution in [3.8, 4) is 0 Å². The van der Waals surface area contributed by atoms with E-state index in [-0.39, 0.29) is 15.5 Å². The number of sulfonamides is 2. The number of hydrogen-bond donors (Lipinski definition) is 1. The maximum absolute atomic E-state index is 12.9. The summed E-state index contributed by atoms with van der Waals surface area (Å²) in [6, 6.07) is 10.8. The van der Waals surface area contributed by atoms with Crippen molar-refractivity contribution >= 4 is 41.7 Å². The van der Waals surface area contributed by atoms with Gasteiger partial charge in [0.1, 0.15) is 0 Å². The number of hydrogen-bond acceptors (Lipinski definition) is 4. The average molecular weight is 473 g/mol. The molecule has 2 aromatic carbocycles. The molecule has 146 valence electrons. The lowest BCUT2D eigenvalue weighted by Gasteiger charge is -2.26. The lowest BCUT2D eigenvalue weighted by molar-refractivity contribution is 0.346. The molecule has 0 atom stereocenters. The SMILES string of the molecule is Cc1ccc(S(=O)(=O)N2CCCCC2)cc1NS(=O)(=O)c1ccc(Br)cc1. The standard InChI is InChI=1S/C18H21BrN2O4S2/c1-14-5-8-17(27(24,25)21-11-3-2-4-12-21)13-18(14)20-26(22,23)16-9-6-15(19)7-10-16/h5-10,13,20H,2-4,11-12H2,1H3. The molecular formula is C18H21BrN2O4S2. The molecule has 0 saturated carbocycles. The first kappa shape index (κ1) is 20.3. The van der Waals surface area contributed by atoms with Gasteiger partial charge in [0.2, 0.25) is 10.0 Å². The number of anilines is 1. The molecule has 1 aliphatic heterocycles. The number of benzene rings is 2. The van der Waals surface area contributed by atoms with Gasteiger partial charge in [-0.2, -0.15) is 4.31 Å². The van der Waals surface area contributed by atoms with Crippen LogP contribution in [0.1, 0.15) is 24.8 Å². The Balaban J connectivity index is 1.92. The van der Waals surface area contributed by atoms with E-state index in [2.05, 4.69) is 20.7 Å². The highest BCUT2D eigenvalue weighted by molar-refractivity contribution is 9.10. The van der Waals surface area contributed by atoms with Crippen molar-refractivity contribution in [2.24, 2.45) is 0 Å². The minimum absolute atomic E-state index is 0.100. The molecule has 0 radical (unpaired) electrons. The molecule has 0 spiro atoms. The second-order valence-electron chi connectivity index (χ2n) is 6.50. The van der Waals surface area contributed by atoms with Crippen molar-refractivity contribution < 1.29 is 16.8 Å². The summed E-state index contributed by atoms with van der Waals surface area (Å²) in [5, 5.41) is 0. The van der Waals surface area contributed by atoms with Gasteiger partial charge in [0.05, 0.1) is 15.5 Å². The van der Waals surface area contributed by atoms with E-state index in [1.807, 2.05) is 0 Å². The number of nitrogens with zero attached hydrogens (tertiary/aromatic N) is 1. The topological polar surface area (TPSA) is 83.6 Å². The highest BCUT2D eigenvalue weighted by Crippen LogP contribution is 2.27. The predicted molar refractivity (Wildman–Crippen MR) is 109 cm³/mol. The lowest BCUT2D eigenvalue weighted by Crippen LogP contribution is -2.35. The zero-order chi connectivity index (χ0) is 19.7. The van der Waals surface area contributed by atoms with Crippen molar-refractivity contribution in [2.45, 2.75) is 36.0 Å². The third-order valence-electron chi connectivity index (χ3n) is 4.53. The van der Waals surface area contributed by atoms with Gasteiger partial charge < -0.3 is 0 Å². The maximum atomic E-state index is 12.9. The van der Waals surface area contributed by atoms with E-state index in [0.717, 1.165) is 23.7 Å². The van der Waals surface area contributed by atoms with Crippen LogP contribution in [-0.2, 0) is 20.0 Å². The van der Waals surface area contributed by atoms with Crippen LogP contribution >= 0.6 is 15.9 Å². The van der Waals surface area contributed by atoms with Crippen LogP contribution in [0, 0.1) is 6.92 Å². The normalized spacial score (nSPS) is 16.2. The van der Waals surface area contributed by atoms with Gasteiger partial charge in [-0.05, 0) is 61.7 Å². The maximum Gasteiger partial charge on any atom is 0.261 e. The number of halogens is 1. The number of nitrogens with one attached hydrogen (secondary N) is 1. The Morgan fingerprint density at radius 2 is 1.48 bits per heavy atom. The molecule has 1 heterocycles. The second kappa shape index (κ2) is 7.90. The van der Waals surface area contributed by atoms with E-state index < -0.39 is 20.0 Å². The molecule has 1 fully saturated rings. The Bertz CT molecular complexity index is 1030. The Kier molecular flexibility index (Phi) is 5.95. The third-order valence-corrected chi connectivity index (χ3v) is 8.33. The van der Waals surface area contributed by atoms with Gasteiger partial charge in [-0.25, -0.2) is 16.8 Å². The van der Waals surface area contributed by atoms with Crippen molar-refractivity contribution in [3.63, 3.8) is 0 Å². The number of aryl methyl sites for hydroxylation is 1. The summed E-state index contributed by atoms with van der Waals surface area (Å²) < 4.78 is 55.8. The molecule has 27 heavy (non-hydrogen) atoms. The van der Waals surface area contributed by atoms with Crippen LogP contribution < -0.4 is 4.72 Å². The van der Waals surface area contributed by atoms with Gasteiger partial charge >= 0.3 is 0 Å². The van der Waals surface area contributed by atoms with Gasteiger partial charge in [-0.15, -0.1) is 0 Å². The Labute approximate surface area is 168 Å². The van der Waals surface area contributed by atoms with Crippen LogP contribution in [0.3, 0.4) is 0 Å². The van der Waals surface area contributed by atoms with Crippen molar-refractivity contribution in [1.82, 2.24) is 4.31 Å². The summed E-state index contributed by atoms with van der Waals surface area (Å²) in [5.74, 6) is 0. The second-order valence-corrected chi connectivity index (χ2v) is 11.0. The highest BCUT2D eigenvalue weighted by atomic mass is 79.9. The monoisotopic (exact) mass is 472 g/mol. The van der Waals surface area contributed by atoms with Crippen LogP contribution in [0.4, 0.5) is 5.69 Å². The smallest absolute Gasteiger partial charge is 0.261 e. The van der Waals surface area contributed by atoms with Crippen LogP contribution in [0.25, 0.3) is 0 Å². The van der Waals surface area contributed by atoms with Crippen LogP contribution in [0.15, 0.2) is 56.7 Å². The molecule has 0 unspecified atom stereocenters. The van der Waals surface area contributed by atoms with E-state index in [9.17, 15) is 16.8 Å². The summed E-state index contributed by atoms with van der Waals surface area (Å²) in [7, 11) is -7.45. The van der Waals surface area contributed by atoms with Gasteiger partial charge in [0, 0.05) is 17.6 Å². The van der Waals surface area contributed by atoms with E-state index in [1.54, 1.807) is 25.1 Å². The summed E-state index contributed by atoms with van der Waals surface area (Å²) >= 11 is 3.27. The van der Waals surface area contributed by atoms with E-state index in [0.29, 0.717) is 18.7 Å². The summed E-state index contributed by atoms with van der Waals surface area (Å²) in [6.45, 7) is 2.73. The van der Waals surface area contributed by atoms with Crippen LogP contribution in [-0.4, -0.2) is 34.2 Å². The van der Waals surface area contributed by atoms with Gasteiger partial charge in [0.25, 0.3) is 10.0 Å². The first-order valence-corrected chi connectivity index (χ1v) is 12.3. The first-order valence-electron chi connectivity index (χ1n) is 8.59. The van der Waals surface area contributed by atoms with E-state index in [4.69, 9.17) is 0 Å². The molecule has 1 aliphatic rings. The fraction of sp³-hybridized carbons (Fsp3) is 0.333. The zero-order valence-electron chi connectivity index (χ0n) is 14.9. The van der Waals surface area contributed by atoms with Crippen molar-refractivity contribution in [3.05, 3.63) is 52.5 Å². The van der Waals surface area contributed by atoms with Crippen molar-refractivity contribution in [1.29, 1.82) is 0 Å². The molecule has 1 saturated heterocycles. The van der Waals surface area contributed by atoms with Gasteiger partial charge in [-0.3, -0.25) is 4.72 Å². The largest absolute Gasteiger partial charge is 0.279 e. The molecule has 2 aromatic rings. The molecule has 0 aromatic heterocycles. The molecular weight excluding hydrogens is 452 g/mol. The molecule has 6 nitrogen and oxygen atoms in total. The lowest BCUT2D eigenvalue weighted by atomic mass is 10.2. The molecule has 1 N–H and O–H groups in total. The molecule has 3 rings (SSSR count). The summed E-state index contributed by atoms with van der Waals surface area (Å²) in [4.78, 5) is 0.206. The summed E-state index contributed by atoms with van der Waals surface area (Å²) in [6.07, 6.45) is 2.71. The molecule has 0 bridgehead atoms. The summed E-state index contributed by atoms with van der Waals surface area (Å²) in [5.41, 5.74) is 0.907. The minimum atomic E-state index is -3.82. The zero-order valence-corrected chi connectivity index (χ0v) is 18.1. The van der Waals surface area contributed by atoms with Crippen LogP contribution in [0.5, 0.6) is 0 Å². The predicted octanol–water partition coefficient (Wildman–Crippen LogP) is 3.73. The fourth-order valence-corrected chi connectivity index (χ4v) is 5.87. The quantitative estimate of drug-likeness (QED) is 0.718. The van der Waals surface area contributed by atoms with Crippen LogP contribution in [0.2, 0.25) is 0 Å². The Hall–Kier alpha value is -1.42. The van der Waals surface area contributed by atoms with E-state index in [1.165, 1.54) is 28.6 Å². The number of piperidine rings is 1. The molecule has 9 heteroatoms. The molecule has 0 amide bonds. The fourth-order valence-electron chi connectivity index (χ4n) is 2.94. The average Bonchev–Trinajstić information content (AvgIpc) is 2.64. The molecule has 0 aliphatic carbocycles.